The Bertz CT molecular complexity index is 746. The molecule has 1 aromatic carbocycles. The molecule has 1 aromatic heterocycles. The Morgan fingerprint density at radius 3 is 2.85 bits per heavy atom. The number of methoxy groups -OCH3 is 1. The molecule has 7 heteroatoms. The number of nitrogens with zero attached hydrogens (tertiary/aromatic N) is 3. The molecule has 2 heterocycles. The zero-order chi connectivity index (χ0) is 18.5. The Labute approximate surface area is 153 Å². The Morgan fingerprint density at radius 1 is 1.38 bits per heavy atom. The van der Waals surface area contributed by atoms with Gasteiger partial charge in [-0.3, -0.25) is 4.79 Å². The molecule has 1 atom stereocenters. The SMILES string of the molecule is COc1ccccc1OCc1cc(C(=O)N(C)CC2CCCN2C)no1. The van der Waals surface area contributed by atoms with Crippen LogP contribution in [-0.4, -0.2) is 61.2 Å². The summed E-state index contributed by atoms with van der Waals surface area (Å²) in [5.74, 6) is 1.60. The first-order valence-corrected chi connectivity index (χ1v) is 8.75. The first-order chi connectivity index (χ1) is 12.6. The summed E-state index contributed by atoms with van der Waals surface area (Å²) in [5, 5.41) is 3.89. The van der Waals surface area contributed by atoms with Gasteiger partial charge in [0.1, 0.15) is 6.61 Å². The second-order valence-electron chi connectivity index (χ2n) is 6.58. The lowest BCUT2D eigenvalue weighted by Gasteiger charge is -2.25. The summed E-state index contributed by atoms with van der Waals surface area (Å²) < 4.78 is 16.2. The molecule has 0 radical (unpaired) electrons. The second-order valence-corrected chi connectivity index (χ2v) is 6.58. The number of carbonyl (C=O) groups is 1. The van der Waals surface area contributed by atoms with Crippen molar-refractivity contribution < 1.29 is 18.8 Å². The van der Waals surface area contributed by atoms with E-state index in [9.17, 15) is 4.79 Å². The van der Waals surface area contributed by atoms with E-state index in [1.54, 1.807) is 25.1 Å². The molecule has 0 N–H and O–H groups in total. The van der Waals surface area contributed by atoms with Gasteiger partial charge in [0.2, 0.25) is 0 Å². The minimum Gasteiger partial charge on any atom is -0.493 e. The second kappa shape index (κ2) is 8.23. The molecule has 1 unspecified atom stereocenters. The van der Waals surface area contributed by atoms with Crippen molar-refractivity contribution in [3.8, 4) is 11.5 Å². The number of ether oxygens (including phenoxy) is 2. The zero-order valence-electron chi connectivity index (χ0n) is 15.5. The van der Waals surface area contributed by atoms with Gasteiger partial charge in [-0.15, -0.1) is 0 Å². The molecule has 0 saturated carbocycles. The maximum atomic E-state index is 12.6. The van der Waals surface area contributed by atoms with E-state index in [0.29, 0.717) is 35.5 Å². The number of benzene rings is 1. The average Bonchev–Trinajstić information content (AvgIpc) is 3.29. The summed E-state index contributed by atoms with van der Waals surface area (Å²) in [4.78, 5) is 16.5. The summed E-state index contributed by atoms with van der Waals surface area (Å²) in [6.45, 7) is 1.95. The van der Waals surface area contributed by atoms with Crippen molar-refractivity contribution in [3.63, 3.8) is 0 Å². The van der Waals surface area contributed by atoms with Crippen molar-refractivity contribution in [2.24, 2.45) is 0 Å². The van der Waals surface area contributed by atoms with Crippen LogP contribution in [0.15, 0.2) is 34.9 Å². The fraction of sp³-hybridized carbons (Fsp3) is 0.474. The maximum Gasteiger partial charge on any atom is 0.275 e. The van der Waals surface area contributed by atoms with E-state index >= 15 is 0 Å². The number of para-hydroxylation sites is 2. The highest BCUT2D eigenvalue weighted by molar-refractivity contribution is 5.92. The van der Waals surface area contributed by atoms with Crippen LogP contribution in [0.5, 0.6) is 11.5 Å². The fourth-order valence-electron chi connectivity index (χ4n) is 3.17. The molecule has 1 aliphatic rings. The lowest BCUT2D eigenvalue weighted by Crippen LogP contribution is -2.39. The standard InChI is InChI=1S/C19H25N3O4/c1-21-10-6-7-14(21)12-22(2)19(23)16-11-15(26-20-16)13-25-18-9-5-4-8-17(18)24-3/h4-5,8-9,11,14H,6-7,10,12-13H2,1-3H3. The molecule has 0 aliphatic carbocycles. The third kappa shape index (κ3) is 4.16. The highest BCUT2D eigenvalue weighted by Gasteiger charge is 2.25. The van der Waals surface area contributed by atoms with Gasteiger partial charge in [-0.1, -0.05) is 17.3 Å². The lowest BCUT2D eigenvalue weighted by molar-refractivity contribution is 0.0751. The smallest absolute Gasteiger partial charge is 0.275 e. The average molecular weight is 359 g/mol. The molecular weight excluding hydrogens is 334 g/mol. The van der Waals surface area contributed by atoms with Crippen molar-refractivity contribution in [1.82, 2.24) is 15.0 Å². The highest BCUT2D eigenvalue weighted by Crippen LogP contribution is 2.26. The molecule has 1 aliphatic heterocycles. The summed E-state index contributed by atoms with van der Waals surface area (Å²) in [5.41, 5.74) is 0.298. The number of hydrogen-bond acceptors (Lipinski definition) is 6. The van der Waals surface area contributed by atoms with E-state index in [1.165, 1.54) is 6.42 Å². The first-order valence-electron chi connectivity index (χ1n) is 8.75. The molecule has 0 bridgehead atoms. The van der Waals surface area contributed by atoms with Gasteiger partial charge in [-0.25, -0.2) is 0 Å². The normalized spacial score (nSPS) is 17.3. The van der Waals surface area contributed by atoms with E-state index < -0.39 is 0 Å². The molecule has 2 aromatic rings. The van der Waals surface area contributed by atoms with Gasteiger partial charge in [0.05, 0.1) is 7.11 Å². The van der Waals surface area contributed by atoms with Crippen LogP contribution in [0.2, 0.25) is 0 Å². The van der Waals surface area contributed by atoms with Gasteiger partial charge in [-0.05, 0) is 38.6 Å². The number of aromatic nitrogens is 1. The van der Waals surface area contributed by atoms with Gasteiger partial charge in [0.25, 0.3) is 5.91 Å². The van der Waals surface area contributed by atoms with E-state index in [4.69, 9.17) is 14.0 Å². The predicted molar refractivity (Wildman–Crippen MR) is 96.4 cm³/mol. The highest BCUT2D eigenvalue weighted by atomic mass is 16.5. The number of likely N-dealkylation sites (N-methyl/N-ethyl adjacent to an activating group) is 2. The number of carbonyl (C=O) groups excluding carboxylic acids is 1. The fourth-order valence-corrected chi connectivity index (χ4v) is 3.17. The Kier molecular flexibility index (Phi) is 5.78. The molecule has 140 valence electrons. The van der Waals surface area contributed by atoms with Crippen molar-refractivity contribution in [2.75, 3.05) is 34.3 Å². The predicted octanol–water partition coefficient (Wildman–Crippen LogP) is 2.43. The van der Waals surface area contributed by atoms with Crippen LogP contribution in [0.25, 0.3) is 0 Å². The molecule has 1 amide bonds. The van der Waals surface area contributed by atoms with Gasteiger partial charge in [-0.2, -0.15) is 0 Å². The van der Waals surface area contributed by atoms with Crippen LogP contribution in [-0.2, 0) is 6.61 Å². The van der Waals surface area contributed by atoms with Crippen molar-refractivity contribution in [2.45, 2.75) is 25.5 Å². The Balaban J connectivity index is 1.57. The topological polar surface area (TPSA) is 68.0 Å². The van der Waals surface area contributed by atoms with Gasteiger partial charge >= 0.3 is 0 Å². The molecular formula is C19H25N3O4. The summed E-state index contributed by atoms with van der Waals surface area (Å²) in [6, 6.07) is 9.40. The number of rotatable bonds is 7. The van der Waals surface area contributed by atoms with Crippen LogP contribution < -0.4 is 9.47 Å². The van der Waals surface area contributed by atoms with Crippen LogP contribution in [0.4, 0.5) is 0 Å². The van der Waals surface area contributed by atoms with Gasteiger partial charge < -0.3 is 23.8 Å². The molecule has 7 nitrogen and oxygen atoms in total. The van der Waals surface area contributed by atoms with E-state index in [1.807, 2.05) is 24.3 Å². The number of hydrogen-bond donors (Lipinski definition) is 0. The summed E-state index contributed by atoms with van der Waals surface area (Å²) in [6.07, 6.45) is 2.29. The number of likely N-dealkylation sites (tertiary alicyclic amines) is 1. The van der Waals surface area contributed by atoms with Gasteiger partial charge in [0, 0.05) is 25.7 Å². The van der Waals surface area contributed by atoms with Gasteiger partial charge in [0.15, 0.2) is 23.0 Å². The molecule has 0 spiro atoms. The Hall–Kier alpha value is -2.54. The van der Waals surface area contributed by atoms with E-state index in [-0.39, 0.29) is 12.5 Å². The number of amides is 1. The third-order valence-electron chi connectivity index (χ3n) is 4.72. The summed E-state index contributed by atoms with van der Waals surface area (Å²) in [7, 11) is 5.48. The monoisotopic (exact) mass is 359 g/mol. The molecule has 1 saturated heterocycles. The van der Waals surface area contributed by atoms with Crippen LogP contribution in [0.3, 0.4) is 0 Å². The first kappa shape index (κ1) is 18.3. The lowest BCUT2D eigenvalue weighted by atomic mass is 10.2. The van der Waals surface area contributed by atoms with Crippen molar-refractivity contribution in [1.29, 1.82) is 0 Å². The van der Waals surface area contributed by atoms with E-state index in [0.717, 1.165) is 13.0 Å². The van der Waals surface area contributed by atoms with Crippen LogP contribution >= 0.6 is 0 Å². The Morgan fingerprint density at radius 2 is 2.15 bits per heavy atom. The van der Waals surface area contributed by atoms with Crippen molar-refractivity contribution >= 4 is 5.91 Å². The minimum atomic E-state index is -0.141. The molecule has 3 rings (SSSR count). The van der Waals surface area contributed by atoms with Crippen LogP contribution in [0, 0.1) is 0 Å². The largest absolute Gasteiger partial charge is 0.493 e. The quantitative estimate of drug-likeness (QED) is 0.756. The third-order valence-corrected chi connectivity index (χ3v) is 4.72. The maximum absolute atomic E-state index is 12.6. The summed E-state index contributed by atoms with van der Waals surface area (Å²) >= 11 is 0. The molecule has 1 fully saturated rings. The zero-order valence-corrected chi connectivity index (χ0v) is 15.5. The van der Waals surface area contributed by atoms with E-state index in [2.05, 4.69) is 17.1 Å². The molecule has 26 heavy (non-hydrogen) atoms. The van der Waals surface area contributed by atoms with Crippen LogP contribution in [0.1, 0.15) is 29.1 Å². The minimum absolute atomic E-state index is 0.141. The van der Waals surface area contributed by atoms with Crippen molar-refractivity contribution in [3.05, 3.63) is 41.8 Å².